The summed E-state index contributed by atoms with van der Waals surface area (Å²) in [6.45, 7) is 2.78. The fraction of sp³-hybridized carbons (Fsp3) is 0.909. The van der Waals surface area contributed by atoms with Crippen molar-refractivity contribution >= 4 is 5.91 Å². The normalized spacial score (nSPS) is 23.9. The fourth-order valence-electron chi connectivity index (χ4n) is 2.27. The van der Waals surface area contributed by atoms with E-state index >= 15 is 0 Å². The van der Waals surface area contributed by atoms with E-state index in [4.69, 9.17) is 4.74 Å². The Balaban J connectivity index is 1.59. The molecule has 0 unspecified atom stereocenters. The van der Waals surface area contributed by atoms with Gasteiger partial charge in [-0.2, -0.15) is 0 Å². The Morgan fingerprint density at radius 2 is 2.25 bits per heavy atom. The summed E-state index contributed by atoms with van der Waals surface area (Å²) in [5.74, 6) is 0.496. The van der Waals surface area contributed by atoms with Gasteiger partial charge >= 0.3 is 0 Å². The largest absolute Gasteiger partial charge is 0.387 e. The van der Waals surface area contributed by atoms with E-state index in [1.165, 1.54) is 0 Å². The number of hydrogen-bond donors (Lipinski definition) is 2. The van der Waals surface area contributed by atoms with E-state index in [2.05, 4.69) is 5.32 Å². The third-order valence-electron chi connectivity index (χ3n) is 3.33. The fourth-order valence-corrected chi connectivity index (χ4v) is 2.27. The van der Waals surface area contributed by atoms with Gasteiger partial charge in [-0.25, -0.2) is 0 Å². The number of likely N-dealkylation sites (tertiary alicyclic amines) is 1. The van der Waals surface area contributed by atoms with Crippen molar-refractivity contribution in [3.8, 4) is 0 Å². The standard InChI is InChI=1S/C11H20N2O3/c1-16-5-4-12-10(14)6-13-7-11(15,8-13)9-2-3-9/h9,15H,2-8H2,1H3,(H,12,14). The number of aliphatic hydroxyl groups is 1. The lowest BCUT2D eigenvalue weighted by atomic mass is 9.89. The molecule has 0 aromatic rings. The zero-order chi connectivity index (χ0) is 11.6. The second-order valence-electron chi connectivity index (χ2n) is 4.87. The Bertz CT molecular complexity index is 260. The number of carbonyl (C=O) groups is 1. The first kappa shape index (κ1) is 11.8. The van der Waals surface area contributed by atoms with Crippen molar-refractivity contribution in [2.45, 2.75) is 18.4 Å². The first-order valence-electron chi connectivity index (χ1n) is 5.84. The molecule has 2 rings (SSSR count). The molecule has 16 heavy (non-hydrogen) atoms. The number of methoxy groups -OCH3 is 1. The van der Waals surface area contributed by atoms with E-state index in [-0.39, 0.29) is 5.91 Å². The van der Waals surface area contributed by atoms with E-state index in [1.807, 2.05) is 4.90 Å². The van der Waals surface area contributed by atoms with Crippen molar-refractivity contribution in [1.29, 1.82) is 0 Å². The van der Waals surface area contributed by atoms with Gasteiger partial charge in [0.15, 0.2) is 0 Å². The quantitative estimate of drug-likeness (QED) is 0.585. The highest BCUT2D eigenvalue weighted by molar-refractivity contribution is 5.78. The van der Waals surface area contributed by atoms with E-state index < -0.39 is 5.60 Å². The zero-order valence-electron chi connectivity index (χ0n) is 9.74. The van der Waals surface area contributed by atoms with Gasteiger partial charge in [-0.05, 0) is 18.8 Å². The van der Waals surface area contributed by atoms with Crippen LogP contribution in [0.25, 0.3) is 0 Å². The SMILES string of the molecule is COCCNC(=O)CN1CC(O)(C2CC2)C1. The van der Waals surface area contributed by atoms with Crippen LogP contribution in [-0.4, -0.2) is 61.4 Å². The molecule has 0 aromatic heterocycles. The number of ether oxygens (including phenoxy) is 1. The summed E-state index contributed by atoms with van der Waals surface area (Å²) in [4.78, 5) is 13.4. The molecule has 0 atom stereocenters. The average molecular weight is 228 g/mol. The molecular formula is C11H20N2O3. The lowest BCUT2D eigenvalue weighted by Gasteiger charge is -2.46. The number of β-amino-alcohol motifs (C(OH)–C–C–N with tert-alkyl or cyclic N) is 1. The van der Waals surface area contributed by atoms with Gasteiger partial charge in [-0.3, -0.25) is 9.69 Å². The Kier molecular flexibility index (Phi) is 3.47. The minimum atomic E-state index is -0.493. The summed E-state index contributed by atoms with van der Waals surface area (Å²) in [5, 5.41) is 12.8. The average Bonchev–Trinajstić information content (AvgIpc) is 2.98. The van der Waals surface area contributed by atoms with Gasteiger partial charge in [0.05, 0.1) is 18.8 Å². The molecule has 0 spiro atoms. The number of carbonyl (C=O) groups excluding carboxylic acids is 1. The molecule has 92 valence electrons. The smallest absolute Gasteiger partial charge is 0.234 e. The lowest BCUT2D eigenvalue weighted by Crippen LogP contribution is -2.64. The highest BCUT2D eigenvalue weighted by Gasteiger charge is 2.51. The molecule has 1 amide bonds. The van der Waals surface area contributed by atoms with Gasteiger partial charge < -0.3 is 15.2 Å². The number of nitrogens with one attached hydrogen (secondary N) is 1. The van der Waals surface area contributed by atoms with Crippen LogP contribution in [0.3, 0.4) is 0 Å². The minimum Gasteiger partial charge on any atom is -0.387 e. The molecule has 1 aliphatic heterocycles. The highest BCUT2D eigenvalue weighted by Crippen LogP contribution is 2.44. The molecule has 1 heterocycles. The third-order valence-corrected chi connectivity index (χ3v) is 3.33. The van der Waals surface area contributed by atoms with Gasteiger partial charge in [0.1, 0.15) is 0 Å². The Morgan fingerprint density at radius 3 is 2.81 bits per heavy atom. The number of hydrogen-bond acceptors (Lipinski definition) is 4. The van der Waals surface area contributed by atoms with Crippen LogP contribution in [0.5, 0.6) is 0 Å². The van der Waals surface area contributed by atoms with Crippen molar-refractivity contribution < 1.29 is 14.6 Å². The summed E-state index contributed by atoms with van der Waals surface area (Å²) in [6.07, 6.45) is 2.29. The van der Waals surface area contributed by atoms with Crippen molar-refractivity contribution in [3.05, 3.63) is 0 Å². The first-order valence-corrected chi connectivity index (χ1v) is 5.84. The number of nitrogens with zero attached hydrogens (tertiary/aromatic N) is 1. The lowest BCUT2D eigenvalue weighted by molar-refractivity contribution is -0.136. The van der Waals surface area contributed by atoms with Gasteiger partial charge in [0.2, 0.25) is 5.91 Å². The second kappa shape index (κ2) is 4.69. The molecule has 5 heteroatoms. The zero-order valence-corrected chi connectivity index (χ0v) is 9.74. The van der Waals surface area contributed by atoms with Gasteiger partial charge in [0, 0.05) is 26.7 Å². The van der Waals surface area contributed by atoms with Gasteiger partial charge in [-0.1, -0.05) is 0 Å². The number of amides is 1. The van der Waals surface area contributed by atoms with Crippen LogP contribution in [-0.2, 0) is 9.53 Å². The Labute approximate surface area is 95.8 Å². The highest BCUT2D eigenvalue weighted by atomic mass is 16.5. The molecule has 0 radical (unpaired) electrons. The molecule has 1 saturated carbocycles. The topological polar surface area (TPSA) is 61.8 Å². The molecule has 0 aromatic carbocycles. The van der Waals surface area contributed by atoms with Crippen LogP contribution in [0.4, 0.5) is 0 Å². The maximum Gasteiger partial charge on any atom is 0.234 e. The monoisotopic (exact) mass is 228 g/mol. The Hall–Kier alpha value is -0.650. The van der Waals surface area contributed by atoms with Crippen molar-refractivity contribution in [3.63, 3.8) is 0 Å². The number of rotatable bonds is 6. The van der Waals surface area contributed by atoms with Crippen LogP contribution in [0, 0.1) is 5.92 Å². The van der Waals surface area contributed by atoms with Crippen molar-refractivity contribution in [2.75, 3.05) is 39.9 Å². The third kappa shape index (κ3) is 2.72. The van der Waals surface area contributed by atoms with Crippen LogP contribution in [0.2, 0.25) is 0 Å². The summed E-state index contributed by atoms with van der Waals surface area (Å²) in [5.41, 5.74) is -0.493. The summed E-state index contributed by atoms with van der Waals surface area (Å²) in [6, 6.07) is 0. The maximum absolute atomic E-state index is 11.4. The van der Waals surface area contributed by atoms with E-state index in [0.717, 1.165) is 12.8 Å². The van der Waals surface area contributed by atoms with Crippen LogP contribution >= 0.6 is 0 Å². The first-order chi connectivity index (χ1) is 7.64. The summed E-state index contributed by atoms with van der Waals surface area (Å²) < 4.78 is 4.84. The second-order valence-corrected chi connectivity index (χ2v) is 4.87. The summed E-state index contributed by atoms with van der Waals surface area (Å²) >= 11 is 0. The van der Waals surface area contributed by atoms with Crippen LogP contribution < -0.4 is 5.32 Å². The van der Waals surface area contributed by atoms with Crippen molar-refractivity contribution in [2.24, 2.45) is 5.92 Å². The van der Waals surface area contributed by atoms with E-state index in [9.17, 15) is 9.90 Å². The van der Waals surface area contributed by atoms with Crippen LogP contribution in [0.1, 0.15) is 12.8 Å². The molecule has 2 N–H and O–H groups in total. The predicted molar refractivity (Wildman–Crippen MR) is 59.0 cm³/mol. The van der Waals surface area contributed by atoms with E-state index in [0.29, 0.717) is 38.7 Å². The predicted octanol–water partition coefficient (Wildman–Crippen LogP) is -0.794. The van der Waals surface area contributed by atoms with E-state index in [1.54, 1.807) is 7.11 Å². The van der Waals surface area contributed by atoms with Gasteiger partial charge in [0.25, 0.3) is 0 Å². The molecule has 1 saturated heterocycles. The van der Waals surface area contributed by atoms with Crippen molar-refractivity contribution in [1.82, 2.24) is 10.2 Å². The molecule has 5 nitrogen and oxygen atoms in total. The molecular weight excluding hydrogens is 208 g/mol. The minimum absolute atomic E-state index is 0.00916. The Morgan fingerprint density at radius 1 is 1.56 bits per heavy atom. The molecule has 2 fully saturated rings. The molecule has 2 aliphatic rings. The molecule has 0 bridgehead atoms. The van der Waals surface area contributed by atoms with Crippen LogP contribution in [0.15, 0.2) is 0 Å². The van der Waals surface area contributed by atoms with Gasteiger partial charge in [-0.15, -0.1) is 0 Å². The molecule has 1 aliphatic carbocycles. The summed E-state index contributed by atoms with van der Waals surface area (Å²) in [7, 11) is 1.61. The maximum atomic E-state index is 11.4.